The monoisotopic (exact) mass is 234 g/mol. The van der Waals surface area contributed by atoms with Crippen molar-refractivity contribution in [1.29, 1.82) is 0 Å². The van der Waals surface area contributed by atoms with E-state index in [4.69, 9.17) is 0 Å². The molecule has 0 heterocycles. The molecule has 0 saturated carbocycles. The van der Waals surface area contributed by atoms with Gasteiger partial charge in [-0.1, -0.05) is 0 Å². The number of hydrogen-bond acceptors (Lipinski definition) is 0. The van der Waals surface area contributed by atoms with Gasteiger partial charge in [0.15, 0.2) is 0 Å². The zero-order chi connectivity index (χ0) is 0. The molecule has 0 aliphatic carbocycles. The van der Waals surface area contributed by atoms with E-state index < -0.39 is 0 Å². The van der Waals surface area contributed by atoms with Gasteiger partial charge in [0.05, 0.1) is 0 Å². The molecule has 0 unspecified atom stereocenters. The van der Waals surface area contributed by atoms with E-state index in [1.807, 2.05) is 0 Å². The first-order valence-electron chi connectivity index (χ1n) is 0. The van der Waals surface area contributed by atoms with Gasteiger partial charge in [-0.05, 0) is 0 Å². The van der Waals surface area contributed by atoms with E-state index >= 15 is 0 Å². The maximum atomic E-state index is 0. The number of rotatable bonds is 0. The van der Waals surface area contributed by atoms with E-state index in [0.29, 0.717) is 0 Å². The Hall–Kier alpha value is 2.75. The molecule has 4 radical (unpaired) electrons. The van der Waals surface area contributed by atoms with Crippen LogP contribution < -0.4 is 0 Å². The third-order valence-corrected chi connectivity index (χ3v) is 0. The third kappa shape index (κ3) is 8.83. The van der Waals surface area contributed by atoms with Gasteiger partial charge in [-0.15, -0.1) is 0 Å². The third-order valence-electron chi connectivity index (χ3n) is 0. The molecule has 0 N–H and O–H groups in total. The molecule has 20 valence electrons. The Morgan fingerprint density at radius 3 is 0.750 bits per heavy atom. The predicted octanol–water partition coefficient (Wildman–Crippen LogP) is -0.766. The van der Waals surface area contributed by atoms with Gasteiger partial charge in [-0.3, -0.25) is 0 Å². The molecule has 0 aliphatic heterocycles. The minimum absolute atomic E-state index is 0. The molecule has 0 fully saturated rings. The zero-order valence-corrected chi connectivity index (χ0v) is 8.10. The normalized spacial score (nSPS) is 0. The molecule has 0 aromatic rings. The Labute approximate surface area is 86.7 Å². The fraction of sp³-hybridized carbons (Fsp3) is 0. The average molecular weight is 232 g/mol. The smallest absolute Gasteiger partial charge is 2.00 e. The van der Waals surface area contributed by atoms with Crippen LogP contribution in [0.5, 0.6) is 0 Å². The van der Waals surface area contributed by atoms with Crippen LogP contribution in [-0.2, 0) is 27.0 Å². The van der Waals surface area contributed by atoms with Crippen LogP contribution in [0.15, 0.2) is 0 Å². The van der Waals surface area contributed by atoms with E-state index in [-0.39, 0.29) is 88.4 Å². The molecule has 0 amide bonds. The second-order valence-electron chi connectivity index (χ2n) is 0. The van der Waals surface area contributed by atoms with E-state index in [9.17, 15) is 0 Å². The van der Waals surface area contributed by atoms with Crippen LogP contribution in [0.1, 0.15) is 0 Å². The molecule has 0 nitrogen and oxygen atoms in total. The maximum absolute atomic E-state index is 0. The van der Waals surface area contributed by atoms with Crippen molar-refractivity contribution >= 4 is 88.4 Å². The van der Waals surface area contributed by atoms with Crippen LogP contribution in [0.25, 0.3) is 0 Å². The first-order chi connectivity index (χ1) is 0. The van der Waals surface area contributed by atoms with Crippen molar-refractivity contribution in [3.05, 3.63) is 0 Å². The van der Waals surface area contributed by atoms with Crippen LogP contribution in [-0.4, -0.2) is 61.4 Å². The Bertz CT molecular complexity index is 6.00. The molecule has 0 bridgehead atoms. The Balaban J connectivity index is 0. The molecule has 4 heteroatoms. The summed E-state index contributed by atoms with van der Waals surface area (Å²) in [6.45, 7) is 0. The van der Waals surface area contributed by atoms with Crippen LogP contribution in [0, 0.1) is 0 Å². The van der Waals surface area contributed by atoms with Gasteiger partial charge in [0.25, 0.3) is 0 Å². The van der Waals surface area contributed by atoms with Crippen molar-refractivity contribution in [2.24, 2.45) is 0 Å². The summed E-state index contributed by atoms with van der Waals surface area (Å²) in [6, 6.07) is 0. The van der Waals surface area contributed by atoms with Gasteiger partial charge < -0.3 is 27.0 Å². The van der Waals surface area contributed by atoms with Gasteiger partial charge in [0.2, 0.25) is 0 Å². The molecule has 0 aromatic carbocycles. The van der Waals surface area contributed by atoms with Crippen LogP contribution in [0.2, 0.25) is 0 Å². The summed E-state index contributed by atoms with van der Waals surface area (Å²) in [7, 11) is 0. The molecular weight excluding hydrogens is 232 g/mol. The first kappa shape index (κ1) is 29.5. The maximum Gasteiger partial charge on any atom is 2.00 e. The topological polar surface area (TPSA) is 0 Å². The predicted molar refractivity (Wildman–Crippen MR) is 26.2 cm³/mol. The summed E-state index contributed by atoms with van der Waals surface area (Å²) in [6.07, 6.45) is 0. The Morgan fingerprint density at radius 2 is 0.750 bits per heavy atom. The summed E-state index contributed by atoms with van der Waals surface area (Å²) in [4.78, 5) is 0. The second kappa shape index (κ2) is 17.2. The second-order valence-corrected chi connectivity index (χ2v) is 0. The van der Waals surface area contributed by atoms with E-state index in [1.54, 1.807) is 0 Å². The summed E-state index contributed by atoms with van der Waals surface area (Å²) in [5.41, 5.74) is 0. The van der Waals surface area contributed by atoms with Crippen molar-refractivity contribution in [3.8, 4) is 0 Å². The standard InChI is InChI=1S/Ca.2S.Te/q+2;2*-2;+2. The van der Waals surface area contributed by atoms with Crippen LogP contribution >= 0.6 is 0 Å². The molecule has 0 rings (SSSR count). The summed E-state index contributed by atoms with van der Waals surface area (Å²) in [5.74, 6) is 0. The minimum atomic E-state index is 0. The summed E-state index contributed by atoms with van der Waals surface area (Å²) < 4.78 is 0. The van der Waals surface area contributed by atoms with Gasteiger partial charge in [-0.25, -0.2) is 0 Å². The molecular formula is CaS2Te. The molecule has 0 aliphatic rings. The fourth-order valence-corrected chi connectivity index (χ4v) is 0. The van der Waals surface area contributed by atoms with Gasteiger partial charge in [-0.2, -0.15) is 0 Å². The fourth-order valence-electron chi connectivity index (χ4n) is 0. The molecule has 4 heavy (non-hydrogen) atoms. The summed E-state index contributed by atoms with van der Waals surface area (Å²) in [5, 5.41) is 0. The van der Waals surface area contributed by atoms with Crippen LogP contribution in [0.3, 0.4) is 0 Å². The molecule has 0 saturated heterocycles. The largest absolute Gasteiger partial charge is 2.00 e. The van der Waals surface area contributed by atoms with Crippen molar-refractivity contribution in [3.63, 3.8) is 0 Å². The van der Waals surface area contributed by atoms with Crippen molar-refractivity contribution in [2.75, 3.05) is 0 Å². The van der Waals surface area contributed by atoms with Gasteiger partial charge >= 0.3 is 61.4 Å². The van der Waals surface area contributed by atoms with E-state index in [1.165, 1.54) is 0 Å². The zero-order valence-electron chi connectivity index (χ0n) is 1.93. The van der Waals surface area contributed by atoms with Crippen molar-refractivity contribution < 1.29 is 0 Å². The van der Waals surface area contributed by atoms with Crippen LogP contribution in [0.4, 0.5) is 0 Å². The van der Waals surface area contributed by atoms with E-state index in [2.05, 4.69) is 0 Å². The number of hydrogen-bond donors (Lipinski definition) is 0. The minimum Gasteiger partial charge on any atom is -2.00 e. The Morgan fingerprint density at radius 1 is 0.750 bits per heavy atom. The average Bonchev–Trinajstić information content (AvgIpc) is 0. The quantitative estimate of drug-likeness (QED) is 0.481. The molecule has 0 atom stereocenters. The van der Waals surface area contributed by atoms with Crippen molar-refractivity contribution in [2.45, 2.75) is 0 Å². The van der Waals surface area contributed by atoms with Gasteiger partial charge in [0, 0.05) is 0 Å². The molecule has 0 aromatic heterocycles. The SMILES string of the molecule is [Ca+2].[S-2].[S-2].[Te+2]. The molecule has 0 spiro atoms. The Kier molecular flexibility index (Phi) is 127. The van der Waals surface area contributed by atoms with Gasteiger partial charge in [0.1, 0.15) is 0 Å². The first-order valence-corrected chi connectivity index (χ1v) is 0. The van der Waals surface area contributed by atoms with Crippen molar-refractivity contribution in [1.82, 2.24) is 0 Å². The van der Waals surface area contributed by atoms with E-state index in [0.717, 1.165) is 0 Å². The summed E-state index contributed by atoms with van der Waals surface area (Å²) >= 11 is 0.